The van der Waals surface area contributed by atoms with Gasteiger partial charge in [0.25, 0.3) is 0 Å². The molecule has 0 saturated heterocycles. The number of aliphatic hydroxyl groups is 1. The van der Waals surface area contributed by atoms with Crippen molar-refractivity contribution in [3.8, 4) is 5.88 Å². The van der Waals surface area contributed by atoms with Gasteiger partial charge in [0.15, 0.2) is 0 Å². The Hall–Kier alpha value is -1.17. The molecule has 90 valence electrons. The molecule has 1 rings (SSSR count). The van der Waals surface area contributed by atoms with Gasteiger partial charge in [0.1, 0.15) is 18.5 Å². The third-order valence-electron chi connectivity index (χ3n) is 1.69. The molecule has 1 heterocycles. The third-order valence-corrected chi connectivity index (χ3v) is 1.88. The van der Waals surface area contributed by atoms with E-state index in [0.717, 1.165) is 0 Å². The van der Waals surface area contributed by atoms with E-state index in [4.69, 9.17) is 26.0 Å². The van der Waals surface area contributed by atoms with Crippen molar-refractivity contribution in [3.63, 3.8) is 0 Å². The van der Waals surface area contributed by atoms with Gasteiger partial charge in [-0.1, -0.05) is 0 Å². The van der Waals surface area contributed by atoms with Crippen LogP contribution in [0.15, 0.2) is 6.07 Å². The molecule has 5 N–H and O–H groups in total. The molecule has 1 aromatic heterocycles. The van der Waals surface area contributed by atoms with Crippen LogP contribution in [0.1, 0.15) is 0 Å². The van der Waals surface area contributed by atoms with Crippen LogP contribution < -0.4 is 16.2 Å². The standard InChI is InChI=1S/C8H15N4O3P/c9-6-1-7(12-8(10)11-6)14-3-5(2-13)15-4-16/h1,5,13H,2-4,16H2,(H4,9,10,11,12). The zero-order valence-corrected chi connectivity index (χ0v) is 9.82. The predicted molar refractivity (Wildman–Crippen MR) is 62.9 cm³/mol. The molecule has 0 amide bonds. The van der Waals surface area contributed by atoms with Gasteiger partial charge in [-0.05, 0) is 0 Å². The van der Waals surface area contributed by atoms with E-state index in [1.165, 1.54) is 6.07 Å². The highest BCUT2D eigenvalue weighted by Gasteiger charge is 2.09. The van der Waals surface area contributed by atoms with Crippen LogP contribution in [0.25, 0.3) is 0 Å². The molecule has 0 aliphatic carbocycles. The van der Waals surface area contributed by atoms with E-state index < -0.39 is 6.10 Å². The maximum Gasteiger partial charge on any atom is 0.225 e. The maximum absolute atomic E-state index is 8.95. The van der Waals surface area contributed by atoms with E-state index in [1.807, 2.05) is 0 Å². The summed E-state index contributed by atoms with van der Waals surface area (Å²) in [5.74, 6) is 0.535. The Morgan fingerprint density at radius 1 is 1.44 bits per heavy atom. The summed E-state index contributed by atoms with van der Waals surface area (Å²) in [6.45, 7) is 0.0330. The molecule has 1 aromatic rings. The van der Waals surface area contributed by atoms with Gasteiger partial charge >= 0.3 is 0 Å². The minimum absolute atomic E-state index is 0.0440. The lowest BCUT2D eigenvalue weighted by Crippen LogP contribution is -2.25. The molecule has 2 atom stereocenters. The third kappa shape index (κ3) is 4.14. The normalized spacial score (nSPS) is 12.4. The van der Waals surface area contributed by atoms with Crippen LogP contribution >= 0.6 is 9.24 Å². The summed E-state index contributed by atoms with van der Waals surface area (Å²) in [5, 5.41) is 8.95. The van der Waals surface area contributed by atoms with Crippen LogP contribution in [0.5, 0.6) is 5.88 Å². The molecule has 2 unspecified atom stereocenters. The summed E-state index contributed by atoms with van der Waals surface area (Å²) in [4.78, 5) is 7.52. The molecule has 0 aromatic carbocycles. The molecule has 0 radical (unpaired) electrons. The fourth-order valence-electron chi connectivity index (χ4n) is 1.00. The van der Waals surface area contributed by atoms with Crippen molar-refractivity contribution in [2.75, 3.05) is 31.0 Å². The SMILES string of the molecule is Nc1cc(OCC(CO)OCP)nc(N)n1. The average molecular weight is 246 g/mol. The van der Waals surface area contributed by atoms with Crippen LogP contribution in [0, 0.1) is 0 Å². The Balaban J connectivity index is 2.52. The Bertz CT molecular complexity index is 319. The molecule has 0 fully saturated rings. The lowest BCUT2D eigenvalue weighted by molar-refractivity contribution is 0.00767. The fourth-order valence-corrected chi connectivity index (χ4v) is 1.28. The minimum atomic E-state index is -0.407. The molecule has 16 heavy (non-hydrogen) atoms. The van der Waals surface area contributed by atoms with Crippen molar-refractivity contribution in [3.05, 3.63) is 6.07 Å². The number of hydrogen-bond acceptors (Lipinski definition) is 7. The van der Waals surface area contributed by atoms with E-state index in [9.17, 15) is 0 Å². The second kappa shape index (κ2) is 6.42. The van der Waals surface area contributed by atoms with Gasteiger partial charge in [-0.15, -0.1) is 9.24 Å². The molecule has 0 aliphatic heterocycles. The van der Waals surface area contributed by atoms with Gasteiger partial charge < -0.3 is 26.0 Å². The van der Waals surface area contributed by atoms with Crippen molar-refractivity contribution in [1.29, 1.82) is 0 Å². The Kier molecular flexibility index (Phi) is 5.18. The highest BCUT2D eigenvalue weighted by atomic mass is 31.0. The van der Waals surface area contributed by atoms with Gasteiger partial charge in [0.05, 0.1) is 13.0 Å². The second-order valence-corrected chi connectivity index (χ2v) is 3.27. The molecule has 0 spiro atoms. The Morgan fingerprint density at radius 3 is 2.75 bits per heavy atom. The molecule has 0 bridgehead atoms. The first-order chi connectivity index (χ1) is 7.65. The first-order valence-corrected chi connectivity index (χ1v) is 5.42. The van der Waals surface area contributed by atoms with Gasteiger partial charge in [0, 0.05) is 6.07 Å². The van der Waals surface area contributed by atoms with Crippen molar-refractivity contribution in [2.45, 2.75) is 6.10 Å². The van der Waals surface area contributed by atoms with Crippen molar-refractivity contribution in [2.24, 2.45) is 0 Å². The summed E-state index contributed by atoms with van der Waals surface area (Å²) in [6, 6.07) is 1.45. The smallest absolute Gasteiger partial charge is 0.225 e. The van der Waals surface area contributed by atoms with E-state index in [2.05, 4.69) is 19.2 Å². The number of rotatable bonds is 6. The zero-order chi connectivity index (χ0) is 12.0. The average Bonchev–Trinajstić information content (AvgIpc) is 2.23. The van der Waals surface area contributed by atoms with Crippen LogP contribution in [0.2, 0.25) is 0 Å². The molecule has 8 heteroatoms. The Labute approximate surface area is 95.4 Å². The maximum atomic E-state index is 8.95. The quantitative estimate of drug-likeness (QED) is 0.564. The van der Waals surface area contributed by atoms with E-state index in [0.29, 0.717) is 6.35 Å². The van der Waals surface area contributed by atoms with Crippen molar-refractivity contribution < 1.29 is 14.6 Å². The fraction of sp³-hybridized carbons (Fsp3) is 0.500. The number of aliphatic hydroxyl groups excluding tert-OH is 1. The predicted octanol–water partition coefficient (Wildman–Crippen LogP) is -0.770. The summed E-state index contributed by atoms with van der Waals surface area (Å²) in [6.07, 6.45) is 0.0118. The number of nitrogens with two attached hydrogens (primary N) is 2. The van der Waals surface area contributed by atoms with E-state index in [1.54, 1.807) is 0 Å². The van der Waals surface area contributed by atoms with Gasteiger partial charge in [-0.3, -0.25) is 0 Å². The molecule has 0 saturated carbocycles. The number of ether oxygens (including phenoxy) is 2. The first-order valence-electron chi connectivity index (χ1n) is 4.61. The molecule has 0 aliphatic rings. The van der Waals surface area contributed by atoms with E-state index in [-0.39, 0.29) is 30.9 Å². The van der Waals surface area contributed by atoms with Crippen LogP contribution in [-0.2, 0) is 4.74 Å². The lowest BCUT2D eigenvalue weighted by atomic mass is 10.4. The largest absolute Gasteiger partial charge is 0.475 e. The van der Waals surface area contributed by atoms with Crippen LogP contribution in [0.4, 0.5) is 11.8 Å². The van der Waals surface area contributed by atoms with Crippen molar-refractivity contribution in [1.82, 2.24) is 9.97 Å². The highest BCUT2D eigenvalue weighted by Crippen LogP contribution is 2.12. The number of aromatic nitrogens is 2. The number of hydrogen-bond donors (Lipinski definition) is 3. The van der Waals surface area contributed by atoms with Crippen LogP contribution in [0.3, 0.4) is 0 Å². The van der Waals surface area contributed by atoms with Gasteiger partial charge in [0.2, 0.25) is 11.8 Å². The second-order valence-electron chi connectivity index (χ2n) is 2.94. The van der Waals surface area contributed by atoms with Gasteiger partial charge in [-0.2, -0.15) is 9.97 Å². The number of nitrogen functional groups attached to an aromatic ring is 2. The lowest BCUT2D eigenvalue weighted by Gasteiger charge is -2.14. The summed E-state index contributed by atoms with van der Waals surface area (Å²) in [5.41, 5.74) is 10.9. The zero-order valence-electron chi connectivity index (χ0n) is 8.67. The molecular formula is C8H15N4O3P. The van der Waals surface area contributed by atoms with Crippen LogP contribution in [-0.4, -0.2) is 40.7 Å². The minimum Gasteiger partial charge on any atom is -0.475 e. The number of anilines is 2. The Morgan fingerprint density at radius 2 is 2.19 bits per heavy atom. The highest BCUT2D eigenvalue weighted by molar-refractivity contribution is 7.16. The summed E-state index contributed by atoms with van der Waals surface area (Å²) in [7, 11) is 2.39. The summed E-state index contributed by atoms with van der Waals surface area (Å²) >= 11 is 0. The molecular weight excluding hydrogens is 231 g/mol. The van der Waals surface area contributed by atoms with E-state index >= 15 is 0 Å². The van der Waals surface area contributed by atoms with Crippen molar-refractivity contribution >= 4 is 21.0 Å². The first kappa shape index (κ1) is 12.9. The monoisotopic (exact) mass is 246 g/mol. The molecule has 7 nitrogen and oxygen atoms in total. The summed E-state index contributed by atoms with van der Waals surface area (Å²) < 4.78 is 10.4. The van der Waals surface area contributed by atoms with Gasteiger partial charge in [-0.25, -0.2) is 0 Å². The topological polar surface area (TPSA) is 117 Å². The number of nitrogens with zero attached hydrogens (tertiary/aromatic N) is 2.